The molecule has 1 amide bonds. The standard InChI is InChI=1S/C13H21NO3/c1-7-5-6-11(8(7)2)14-12(15)9(3)10(4)13(16)17/h7-8,11H,5-6H2,1-4H3,(H,14,15)(H,16,17). The van der Waals surface area contributed by atoms with Gasteiger partial charge in [0, 0.05) is 17.2 Å². The van der Waals surface area contributed by atoms with E-state index in [1.54, 1.807) is 6.92 Å². The van der Waals surface area contributed by atoms with E-state index >= 15 is 0 Å². The lowest BCUT2D eigenvalue weighted by Crippen LogP contribution is -2.38. The lowest BCUT2D eigenvalue weighted by atomic mass is 9.97. The Kier molecular flexibility index (Phi) is 4.32. The summed E-state index contributed by atoms with van der Waals surface area (Å²) in [7, 11) is 0. The maximum Gasteiger partial charge on any atom is 0.331 e. The third kappa shape index (κ3) is 3.08. The van der Waals surface area contributed by atoms with Crippen molar-refractivity contribution in [2.45, 2.75) is 46.6 Å². The van der Waals surface area contributed by atoms with E-state index in [0.29, 0.717) is 17.4 Å². The van der Waals surface area contributed by atoms with Crippen LogP contribution in [0.15, 0.2) is 11.1 Å². The van der Waals surface area contributed by atoms with Gasteiger partial charge in [-0.2, -0.15) is 0 Å². The van der Waals surface area contributed by atoms with E-state index in [4.69, 9.17) is 5.11 Å². The Morgan fingerprint density at radius 1 is 1.12 bits per heavy atom. The number of nitrogens with one attached hydrogen (secondary N) is 1. The molecule has 3 atom stereocenters. The number of carbonyl (C=O) groups excluding carboxylic acids is 1. The minimum atomic E-state index is -1.04. The maximum atomic E-state index is 11.9. The van der Waals surface area contributed by atoms with Crippen molar-refractivity contribution in [1.29, 1.82) is 0 Å². The lowest BCUT2D eigenvalue weighted by molar-refractivity contribution is -0.133. The van der Waals surface area contributed by atoms with E-state index in [2.05, 4.69) is 19.2 Å². The molecule has 1 rings (SSSR count). The minimum Gasteiger partial charge on any atom is -0.478 e. The fraction of sp³-hybridized carbons (Fsp3) is 0.692. The molecule has 0 aliphatic heterocycles. The molecule has 0 aromatic heterocycles. The summed E-state index contributed by atoms with van der Waals surface area (Å²) in [6, 6.07) is 0.175. The molecule has 0 radical (unpaired) electrons. The molecule has 0 spiro atoms. The second-order valence-electron chi connectivity index (χ2n) is 5.05. The van der Waals surface area contributed by atoms with Crippen molar-refractivity contribution >= 4 is 11.9 Å². The SMILES string of the molecule is CC(C(=O)O)=C(C)C(=O)NC1CCC(C)C1C. The van der Waals surface area contributed by atoms with E-state index in [0.717, 1.165) is 12.8 Å². The normalized spacial score (nSPS) is 29.8. The Morgan fingerprint density at radius 3 is 2.12 bits per heavy atom. The van der Waals surface area contributed by atoms with Gasteiger partial charge >= 0.3 is 5.97 Å². The summed E-state index contributed by atoms with van der Waals surface area (Å²) >= 11 is 0. The summed E-state index contributed by atoms with van der Waals surface area (Å²) in [6.45, 7) is 7.33. The molecule has 3 unspecified atom stereocenters. The maximum absolute atomic E-state index is 11.9. The Hall–Kier alpha value is -1.32. The van der Waals surface area contributed by atoms with Gasteiger partial charge in [0.25, 0.3) is 0 Å². The van der Waals surface area contributed by atoms with Gasteiger partial charge in [0.2, 0.25) is 5.91 Å². The molecule has 1 saturated carbocycles. The zero-order chi connectivity index (χ0) is 13.2. The lowest BCUT2D eigenvalue weighted by Gasteiger charge is -2.20. The molecule has 0 aromatic carbocycles. The number of amides is 1. The van der Waals surface area contributed by atoms with Crippen LogP contribution in [0.1, 0.15) is 40.5 Å². The molecule has 0 bridgehead atoms. The van der Waals surface area contributed by atoms with Gasteiger partial charge in [0.05, 0.1) is 0 Å². The van der Waals surface area contributed by atoms with E-state index in [1.807, 2.05) is 0 Å². The summed E-state index contributed by atoms with van der Waals surface area (Å²) in [5.74, 6) is -0.219. The Labute approximate surface area is 102 Å². The van der Waals surface area contributed by atoms with Crippen LogP contribution in [0, 0.1) is 11.8 Å². The zero-order valence-corrected chi connectivity index (χ0v) is 10.9. The first-order valence-corrected chi connectivity index (χ1v) is 6.06. The summed E-state index contributed by atoms with van der Waals surface area (Å²) in [4.78, 5) is 22.6. The fourth-order valence-electron chi connectivity index (χ4n) is 2.18. The van der Waals surface area contributed by atoms with Crippen molar-refractivity contribution in [2.75, 3.05) is 0 Å². The van der Waals surface area contributed by atoms with E-state index < -0.39 is 5.97 Å². The van der Waals surface area contributed by atoms with Gasteiger partial charge in [0.1, 0.15) is 0 Å². The Bertz CT molecular complexity index is 360. The summed E-state index contributed by atoms with van der Waals surface area (Å²) in [6.07, 6.45) is 2.10. The van der Waals surface area contributed by atoms with E-state index in [1.165, 1.54) is 6.92 Å². The third-order valence-corrected chi connectivity index (χ3v) is 4.01. The van der Waals surface area contributed by atoms with E-state index in [9.17, 15) is 9.59 Å². The van der Waals surface area contributed by atoms with Gasteiger partial charge in [0.15, 0.2) is 0 Å². The van der Waals surface area contributed by atoms with Crippen molar-refractivity contribution in [3.8, 4) is 0 Å². The first-order chi connectivity index (χ1) is 7.84. The van der Waals surface area contributed by atoms with E-state index in [-0.39, 0.29) is 17.5 Å². The summed E-state index contributed by atoms with van der Waals surface area (Å²) in [5.41, 5.74) is 0.408. The molecule has 1 aliphatic rings. The molecule has 0 aromatic rings. The first kappa shape index (κ1) is 13.7. The molecule has 1 fully saturated rings. The van der Waals surface area contributed by atoms with Crippen LogP contribution in [0.4, 0.5) is 0 Å². The number of aliphatic carboxylic acids is 1. The second-order valence-corrected chi connectivity index (χ2v) is 5.05. The summed E-state index contributed by atoms with van der Waals surface area (Å²) < 4.78 is 0. The highest BCUT2D eigenvalue weighted by molar-refractivity contribution is 6.01. The van der Waals surface area contributed by atoms with Crippen LogP contribution in [-0.4, -0.2) is 23.0 Å². The number of carbonyl (C=O) groups is 2. The van der Waals surface area contributed by atoms with Crippen molar-refractivity contribution < 1.29 is 14.7 Å². The van der Waals surface area contributed by atoms with Gasteiger partial charge in [-0.3, -0.25) is 4.79 Å². The molecular weight excluding hydrogens is 218 g/mol. The molecule has 0 saturated heterocycles. The molecule has 1 aliphatic carbocycles. The van der Waals surface area contributed by atoms with Gasteiger partial charge < -0.3 is 10.4 Å². The fourth-order valence-corrected chi connectivity index (χ4v) is 2.18. The number of carboxylic acids is 1. The largest absolute Gasteiger partial charge is 0.478 e. The predicted octanol–water partition coefficient (Wildman–Crippen LogP) is 1.96. The zero-order valence-electron chi connectivity index (χ0n) is 10.9. The molecular formula is C13H21NO3. The first-order valence-electron chi connectivity index (χ1n) is 6.06. The number of rotatable bonds is 3. The Morgan fingerprint density at radius 2 is 1.71 bits per heavy atom. The molecule has 4 nitrogen and oxygen atoms in total. The van der Waals surface area contributed by atoms with Crippen LogP contribution in [0.3, 0.4) is 0 Å². The quantitative estimate of drug-likeness (QED) is 0.740. The molecule has 4 heteroatoms. The smallest absolute Gasteiger partial charge is 0.331 e. The molecule has 17 heavy (non-hydrogen) atoms. The van der Waals surface area contributed by atoms with Gasteiger partial charge in [-0.15, -0.1) is 0 Å². The van der Waals surface area contributed by atoms with Crippen LogP contribution in [0.2, 0.25) is 0 Å². The minimum absolute atomic E-state index is 0.112. The number of carboxylic acid groups (broad SMARTS) is 1. The average molecular weight is 239 g/mol. The van der Waals surface area contributed by atoms with Crippen LogP contribution >= 0.6 is 0 Å². The summed E-state index contributed by atoms with van der Waals surface area (Å²) in [5, 5.41) is 11.8. The molecule has 2 N–H and O–H groups in total. The van der Waals surface area contributed by atoms with Crippen molar-refractivity contribution in [3.05, 3.63) is 11.1 Å². The van der Waals surface area contributed by atoms with Crippen molar-refractivity contribution in [3.63, 3.8) is 0 Å². The van der Waals surface area contributed by atoms with Gasteiger partial charge in [-0.25, -0.2) is 4.79 Å². The van der Waals surface area contributed by atoms with Crippen LogP contribution in [0.25, 0.3) is 0 Å². The second kappa shape index (κ2) is 5.34. The highest BCUT2D eigenvalue weighted by atomic mass is 16.4. The highest BCUT2D eigenvalue weighted by Gasteiger charge is 2.31. The third-order valence-electron chi connectivity index (χ3n) is 4.01. The van der Waals surface area contributed by atoms with Crippen molar-refractivity contribution in [1.82, 2.24) is 5.32 Å². The average Bonchev–Trinajstić information content (AvgIpc) is 2.58. The van der Waals surface area contributed by atoms with Gasteiger partial charge in [-0.1, -0.05) is 13.8 Å². The number of hydrogen-bond acceptors (Lipinski definition) is 2. The molecule has 0 heterocycles. The highest BCUT2D eigenvalue weighted by Crippen LogP contribution is 2.31. The Balaban J connectivity index is 2.68. The predicted molar refractivity (Wildman–Crippen MR) is 65.5 cm³/mol. The van der Waals surface area contributed by atoms with Crippen molar-refractivity contribution in [2.24, 2.45) is 11.8 Å². The van der Waals surface area contributed by atoms with Crippen LogP contribution in [0.5, 0.6) is 0 Å². The topological polar surface area (TPSA) is 66.4 Å². The van der Waals surface area contributed by atoms with Crippen LogP contribution in [-0.2, 0) is 9.59 Å². The van der Waals surface area contributed by atoms with Gasteiger partial charge in [-0.05, 0) is 38.5 Å². The number of hydrogen-bond donors (Lipinski definition) is 2. The monoisotopic (exact) mass is 239 g/mol. The molecule has 96 valence electrons. The van der Waals surface area contributed by atoms with Crippen LogP contribution < -0.4 is 5.32 Å².